The van der Waals surface area contributed by atoms with E-state index in [1.807, 2.05) is 11.8 Å². The van der Waals surface area contributed by atoms with Crippen molar-refractivity contribution in [2.24, 2.45) is 5.92 Å². The highest BCUT2D eigenvalue weighted by Crippen LogP contribution is 2.47. The van der Waals surface area contributed by atoms with Crippen LogP contribution in [0.3, 0.4) is 0 Å². The molecule has 5 heterocycles. The maximum absolute atomic E-state index is 17.4. The molecular weight excluding hydrogens is 652 g/mol. The van der Waals surface area contributed by atoms with Gasteiger partial charge in [0.15, 0.2) is 17.4 Å². The number of nitrogens with zero attached hydrogens (tertiary/aromatic N) is 5. The molecular formula is C35H39F2N7O4S. The molecule has 1 saturated heterocycles. The van der Waals surface area contributed by atoms with Crippen LogP contribution < -0.4 is 15.5 Å². The number of nitrogens with one attached hydrogen (secondary N) is 2. The highest BCUT2D eigenvalue weighted by Gasteiger charge is 2.35. The van der Waals surface area contributed by atoms with E-state index in [1.165, 1.54) is 6.92 Å². The van der Waals surface area contributed by atoms with Gasteiger partial charge in [0.05, 0.1) is 46.8 Å². The normalized spacial score (nSPS) is 18.1. The van der Waals surface area contributed by atoms with Crippen LogP contribution in [0.25, 0.3) is 32.2 Å². The molecule has 0 saturated carbocycles. The van der Waals surface area contributed by atoms with Gasteiger partial charge in [0, 0.05) is 23.5 Å². The van der Waals surface area contributed by atoms with Crippen LogP contribution in [0.5, 0.6) is 0 Å². The first kappa shape index (κ1) is 34.4. The molecule has 0 radical (unpaired) electrons. The Hall–Kier alpha value is -4.48. The maximum atomic E-state index is 17.4. The second-order valence-electron chi connectivity index (χ2n) is 13.7. The smallest absolute Gasteiger partial charge is 0.412 e. The van der Waals surface area contributed by atoms with Crippen molar-refractivity contribution in [1.29, 1.82) is 5.26 Å². The number of thiophene rings is 1. The fourth-order valence-corrected chi connectivity index (χ4v) is 7.60. The summed E-state index contributed by atoms with van der Waals surface area (Å²) in [7, 11) is 0. The van der Waals surface area contributed by atoms with E-state index in [-0.39, 0.29) is 62.5 Å². The summed E-state index contributed by atoms with van der Waals surface area (Å²) in [6.07, 6.45) is 2.37. The number of amides is 1. The van der Waals surface area contributed by atoms with E-state index in [9.17, 15) is 14.9 Å². The molecule has 0 bridgehead atoms. The zero-order chi connectivity index (χ0) is 35.4. The van der Waals surface area contributed by atoms with Crippen LogP contribution >= 0.6 is 11.3 Å². The van der Waals surface area contributed by atoms with Gasteiger partial charge in [-0.3, -0.25) is 15.1 Å². The lowest BCUT2D eigenvalue weighted by atomic mass is 9.93. The molecule has 4 aromatic rings. The van der Waals surface area contributed by atoms with E-state index in [2.05, 4.69) is 35.5 Å². The standard InChI is InChI=1S/C35H39F2N7O4S/c1-8-9-23(18(4)45)40-31-26-21-15-47-14-20(21)24(27(37)29(26)41-33(42-31)44-11-10-16(2)17(44)3)28-25-19(12-38)32(43-34(46)48-35(5,6)7)49-30(25)22(36)13-39-28/h13,16-17,23H,8-11,14-15H2,1-7H3,(H,43,46)(H,40,41,42). The number of nitriles is 1. The van der Waals surface area contributed by atoms with Gasteiger partial charge in [-0.1, -0.05) is 20.3 Å². The van der Waals surface area contributed by atoms with Crippen LogP contribution in [0.4, 0.5) is 30.3 Å². The molecule has 11 nitrogen and oxygen atoms in total. The summed E-state index contributed by atoms with van der Waals surface area (Å²) < 4.78 is 44.0. The van der Waals surface area contributed by atoms with Gasteiger partial charge in [0.2, 0.25) is 5.95 Å². The Kier molecular flexibility index (Phi) is 9.19. The lowest BCUT2D eigenvalue weighted by molar-refractivity contribution is -0.117. The van der Waals surface area contributed by atoms with Gasteiger partial charge in [-0.25, -0.2) is 18.6 Å². The third-order valence-corrected chi connectivity index (χ3v) is 10.3. The van der Waals surface area contributed by atoms with E-state index in [0.717, 1.165) is 30.4 Å². The van der Waals surface area contributed by atoms with E-state index in [0.29, 0.717) is 47.2 Å². The van der Waals surface area contributed by atoms with Crippen molar-refractivity contribution in [1.82, 2.24) is 15.0 Å². The number of ketones is 1. The van der Waals surface area contributed by atoms with E-state index >= 15 is 8.78 Å². The predicted octanol–water partition coefficient (Wildman–Crippen LogP) is 7.84. The molecule has 1 amide bonds. The van der Waals surface area contributed by atoms with Crippen molar-refractivity contribution < 1.29 is 27.8 Å². The molecule has 1 fully saturated rings. The van der Waals surface area contributed by atoms with Crippen molar-refractivity contribution in [2.75, 3.05) is 22.1 Å². The summed E-state index contributed by atoms with van der Waals surface area (Å²) >= 11 is 0.840. The number of rotatable bonds is 8. The number of carbonyl (C=O) groups excluding carboxylic acids is 2. The topological polar surface area (TPSA) is 142 Å². The van der Waals surface area contributed by atoms with E-state index in [1.54, 1.807) is 20.8 Å². The van der Waals surface area contributed by atoms with Gasteiger partial charge in [0.1, 0.15) is 28.0 Å². The Bertz CT molecular complexity index is 2040. The lowest BCUT2D eigenvalue weighted by Crippen LogP contribution is -2.32. The van der Waals surface area contributed by atoms with Crippen LogP contribution in [0.15, 0.2) is 6.20 Å². The fourth-order valence-electron chi connectivity index (χ4n) is 6.56. The Morgan fingerprint density at radius 1 is 1.20 bits per heavy atom. The van der Waals surface area contributed by atoms with E-state index < -0.39 is 29.4 Å². The Morgan fingerprint density at radius 3 is 2.57 bits per heavy atom. The highest BCUT2D eigenvalue weighted by atomic mass is 32.1. The average molecular weight is 692 g/mol. The largest absolute Gasteiger partial charge is 0.444 e. The molecule has 14 heteroatoms. The number of pyridine rings is 1. The zero-order valence-electron chi connectivity index (χ0n) is 28.6. The minimum Gasteiger partial charge on any atom is -0.444 e. The van der Waals surface area contributed by atoms with Crippen molar-refractivity contribution in [3.8, 4) is 17.3 Å². The Morgan fingerprint density at radius 2 is 1.94 bits per heavy atom. The van der Waals surface area contributed by atoms with Crippen LogP contribution in [0, 0.1) is 28.9 Å². The Balaban J connectivity index is 1.62. The van der Waals surface area contributed by atoms with Crippen molar-refractivity contribution in [3.63, 3.8) is 0 Å². The van der Waals surface area contributed by atoms with Gasteiger partial charge in [-0.05, 0) is 64.5 Å². The lowest BCUT2D eigenvalue weighted by Gasteiger charge is -2.26. The molecule has 3 aromatic heterocycles. The molecule has 2 N–H and O–H groups in total. The number of hydrogen-bond donors (Lipinski definition) is 2. The predicted molar refractivity (Wildman–Crippen MR) is 185 cm³/mol. The second-order valence-corrected chi connectivity index (χ2v) is 14.8. The first-order valence-corrected chi connectivity index (χ1v) is 17.2. The van der Waals surface area contributed by atoms with Crippen LogP contribution in [0.1, 0.15) is 84.4 Å². The molecule has 3 unspecified atom stereocenters. The molecule has 0 spiro atoms. The number of ether oxygens (including phenoxy) is 2. The number of halogens is 2. The summed E-state index contributed by atoms with van der Waals surface area (Å²) in [4.78, 5) is 41.5. The van der Waals surface area contributed by atoms with Crippen LogP contribution in [-0.4, -0.2) is 51.1 Å². The van der Waals surface area contributed by atoms with Gasteiger partial charge < -0.3 is 19.7 Å². The summed E-state index contributed by atoms with van der Waals surface area (Å²) in [5.41, 5.74) is 0.223. The van der Waals surface area contributed by atoms with Crippen LogP contribution in [-0.2, 0) is 27.5 Å². The van der Waals surface area contributed by atoms with Gasteiger partial charge in [-0.2, -0.15) is 10.2 Å². The molecule has 3 atom stereocenters. The summed E-state index contributed by atoms with van der Waals surface area (Å²) in [6, 6.07) is 1.60. The Labute approximate surface area is 287 Å². The molecule has 258 valence electrons. The molecule has 1 aromatic carbocycles. The number of hydrogen-bond acceptors (Lipinski definition) is 11. The summed E-state index contributed by atoms with van der Waals surface area (Å²) in [6.45, 7) is 13.6. The van der Waals surface area contributed by atoms with Gasteiger partial charge in [0.25, 0.3) is 0 Å². The van der Waals surface area contributed by atoms with Crippen molar-refractivity contribution >= 4 is 61.0 Å². The zero-order valence-corrected chi connectivity index (χ0v) is 29.4. The molecule has 6 rings (SSSR count). The van der Waals surface area contributed by atoms with Crippen molar-refractivity contribution in [2.45, 2.75) is 98.6 Å². The number of fused-ring (bicyclic) bond motifs is 4. The number of aromatic nitrogens is 3. The minimum absolute atomic E-state index is 0.00239. The minimum atomic E-state index is -0.821. The number of Topliss-reactive ketones (excluding diaryl/α,β-unsaturated/α-hetero) is 1. The third-order valence-electron chi connectivity index (χ3n) is 9.19. The first-order chi connectivity index (χ1) is 23.2. The number of anilines is 3. The quantitative estimate of drug-likeness (QED) is 0.188. The summed E-state index contributed by atoms with van der Waals surface area (Å²) in [5.74, 6) is -0.522. The average Bonchev–Trinajstić information content (AvgIpc) is 3.74. The highest BCUT2D eigenvalue weighted by molar-refractivity contribution is 7.23. The molecule has 2 aliphatic heterocycles. The maximum Gasteiger partial charge on any atom is 0.412 e. The van der Waals surface area contributed by atoms with Gasteiger partial charge in [-0.15, -0.1) is 11.3 Å². The number of carbonyl (C=O) groups is 2. The van der Waals surface area contributed by atoms with Gasteiger partial charge >= 0.3 is 6.09 Å². The SMILES string of the molecule is CCCC(Nc1nc(N2CCC(C)C2C)nc2c(F)c(-c3ncc(F)c4sc(NC(=O)OC(C)(C)C)c(C#N)c34)c3c(c12)COC3)C(C)=O. The third kappa shape index (κ3) is 6.25. The second kappa shape index (κ2) is 13.1. The monoisotopic (exact) mass is 691 g/mol. The first-order valence-electron chi connectivity index (χ1n) is 16.4. The fraction of sp³-hybridized carbons (Fsp3) is 0.486. The van der Waals surface area contributed by atoms with Crippen LogP contribution in [0.2, 0.25) is 0 Å². The molecule has 0 aliphatic carbocycles. The molecule has 2 aliphatic rings. The van der Waals surface area contributed by atoms with Crippen molar-refractivity contribution in [3.05, 3.63) is 34.5 Å². The number of benzene rings is 1. The summed E-state index contributed by atoms with van der Waals surface area (Å²) in [5, 5.41) is 16.7. The molecule has 49 heavy (non-hydrogen) atoms. The van der Waals surface area contributed by atoms with E-state index in [4.69, 9.17) is 19.4 Å².